The molecular formula is C2H5ClHgNi. The maximum atomic E-state index is 5.41. The monoisotopic (exact) mass is 324 g/mol. The molecule has 0 bridgehead atoms. The minimum atomic E-state index is -0.640. The number of hydrogen-bond donors (Lipinski definition) is 0. The van der Waals surface area contributed by atoms with Crippen LogP contribution in [-0.4, -0.2) is 0 Å². The molecule has 0 unspecified atom stereocenters. The molecule has 3 heteroatoms. The molecule has 0 rings (SSSR count). The van der Waals surface area contributed by atoms with Gasteiger partial charge < -0.3 is 0 Å². The summed E-state index contributed by atoms with van der Waals surface area (Å²) in [6.45, 7) is 2.15. The van der Waals surface area contributed by atoms with Crippen molar-refractivity contribution in [2.45, 2.75) is 10.9 Å². The molecule has 0 N–H and O–H groups in total. The Kier molecular flexibility index (Phi) is 18.2. The molecule has 0 amide bonds. The molecule has 0 saturated carbocycles. The molecule has 0 radical (unpaired) electrons. The van der Waals surface area contributed by atoms with Crippen LogP contribution in [0.1, 0.15) is 6.92 Å². The fourth-order valence-electron chi connectivity index (χ4n) is 0. The van der Waals surface area contributed by atoms with Crippen LogP contribution in [-0.2, 0) is 39.8 Å². The average molecular weight is 324 g/mol. The normalized spacial score (nSPS) is 4.40. The van der Waals surface area contributed by atoms with Crippen molar-refractivity contribution in [1.29, 1.82) is 0 Å². The first-order valence-electron chi connectivity index (χ1n) is 1.47. The molecule has 0 saturated heterocycles. The fraction of sp³-hybridized carbons (Fsp3) is 1.00. The van der Waals surface area contributed by atoms with Crippen LogP contribution < -0.4 is 0 Å². The van der Waals surface area contributed by atoms with Gasteiger partial charge in [-0.2, -0.15) is 0 Å². The molecule has 32 valence electrons. The van der Waals surface area contributed by atoms with Crippen LogP contribution in [0.4, 0.5) is 0 Å². The molecule has 0 aliphatic rings. The van der Waals surface area contributed by atoms with E-state index in [0.29, 0.717) is 0 Å². The average Bonchev–Trinajstić information content (AvgIpc) is 1.37. The second-order valence-corrected chi connectivity index (χ2v) is 9.36. The van der Waals surface area contributed by atoms with Gasteiger partial charge >= 0.3 is 42.4 Å². The topological polar surface area (TPSA) is 0 Å². The van der Waals surface area contributed by atoms with Crippen LogP contribution >= 0.6 is 8.25 Å². The van der Waals surface area contributed by atoms with Crippen molar-refractivity contribution in [3.8, 4) is 0 Å². The third-order valence-electron chi connectivity index (χ3n) is 0.189. The van der Waals surface area contributed by atoms with Gasteiger partial charge in [0.1, 0.15) is 0 Å². The summed E-state index contributed by atoms with van der Waals surface area (Å²) in [6.07, 6.45) is 0. The van der Waals surface area contributed by atoms with Crippen LogP contribution in [0.2, 0.25) is 3.93 Å². The molecule has 0 aliphatic heterocycles. The summed E-state index contributed by atoms with van der Waals surface area (Å²) in [5, 5.41) is 0. The Balaban J connectivity index is 0. The third-order valence-corrected chi connectivity index (χ3v) is 4.97. The Morgan fingerprint density at radius 3 is 2.00 bits per heavy atom. The molecule has 5 heavy (non-hydrogen) atoms. The van der Waals surface area contributed by atoms with Crippen molar-refractivity contribution in [3.05, 3.63) is 0 Å². The minimum absolute atomic E-state index is 0. The largest absolute Gasteiger partial charge is 0 e. The smallest absolute Gasteiger partial charge is 0 e. The number of halogens is 1. The Morgan fingerprint density at radius 1 is 1.80 bits per heavy atom. The standard InChI is InChI=1S/C2H5.ClH.Hg.Ni/c1-2;;;/h1H2,2H3;1H;;/q;;+1;/p-1. The van der Waals surface area contributed by atoms with Gasteiger partial charge in [0.15, 0.2) is 0 Å². The zero-order chi connectivity index (χ0) is 3.41. The van der Waals surface area contributed by atoms with Crippen molar-refractivity contribution in [2.75, 3.05) is 0 Å². The van der Waals surface area contributed by atoms with Gasteiger partial charge in [0.25, 0.3) is 0 Å². The van der Waals surface area contributed by atoms with Crippen LogP contribution in [0.15, 0.2) is 0 Å². The van der Waals surface area contributed by atoms with E-state index in [1.54, 1.807) is 0 Å². The molecule has 0 atom stereocenters. The molecule has 0 spiro atoms. The van der Waals surface area contributed by atoms with E-state index in [2.05, 4.69) is 6.92 Å². The van der Waals surface area contributed by atoms with Crippen molar-refractivity contribution in [2.24, 2.45) is 0 Å². The van der Waals surface area contributed by atoms with E-state index in [1.807, 2.05) is 0 Å². The zero-order valence-corrected chi connectivity index (χ0v) is 10.3. The summed E-state index contributed by atoms with van der Waals surface area (Å²) in [5.74, 6) is 0. The maximum Gasteiger partial charge on any atom is 0 e. The maximum absolute atomic E-state index is 5.41. The second-order valence-electron chi connectivity index (χ2n) is 0.689. The van der Waals surface area contributed by atoms with Gasteiger partial charge in [-0.25, -0.2) is 0 Å². The molecule has 0 heterocycles. The molecule has 0 nitrogen and oxygen atoms in total. The predicted octanol–water partition coefficient (Wildman–Crippen LogP) is 1.66. The third kappa shape index (κ3) is 10.7. The second kappa shape index (κ2) is 9.21. The summed E-state index contributed by atoms with van der Waals surface area (Å²) in [7, 11) is 5.41. The van der Waals surface area contributed by atoms with Crippen LogP contribution in [0.5, 0.6) is 0 Å². The van der Waals surface area contributed by atoms with Gasteiger partial charge in [0, 0.05) is 16.5 Å². The Bertz CT molecular complexity index is 11.6. The van der Waals surface area contributed by atoms with E-state index in [1.165, 1.54) is 3.93 Å². The fourth-order valence-corrected chi connectivity index (χ4v) is 0. The summed E-state index contributed by atoms with van der Waals surface area (Å²) >= 11 is -0.640. The van der Waals surface area contributed by atoms with Crippen molar-refractivity contribution >= 4 is 8.25 Å². The molecule has 0 fully saturated rings. The molecule has 0 aromatic heterocycles. The van der Waals surface area contributed by atoms with E-state index < -0.39 is 23.3 Å². The minimum Gasteiger partial charge on any atom is 0 e. The van der Waals surface area contributed by atoms with Gasteiger partial charge in [0.05, 0.1) is 0 Å². The number of hydrogen-bond acceptors (Lipinski definition) is 0. The van der Waals surface area contributed by atoms with Crippen molar-refractivity contribution in [1.82, 2.24) is 0 Å². The SMILES string of the molecule is C[CH2][Hg][Cl].[Ni]. The first kappa shape index (κ1) is 9.87. The van der Waals surface area contributed by atoms with Gasteiger partial charge in [-0.15, -0.1) is 0 Å². The number of rotatable bonds is 1. The van der Waals surface area contributed by atoms with Crippen LogP contribution in [0, 0.1) is 0 Å². The quantitative estimate of drug-likeness (QED) is 0.644. The Morgan fingerprint density at radius 2 is 2.00 bits per heavy atom. The van der Waals surface area contributed by atoms with E-state index in [4.69, 9.17) is 8.25 Å². The molecular weight excluding hydrogens is 319 g/mol. The van der Waals surface area contributed by atoms with Gasteiger partial charge in [-0.3, -0.25) is 0 Å². The molecule has 0 aromatic carbocycles. The summed E-state index contributed by atoms with van der Waals surface area (Å²) in [6, 6.07) is 0. The Labute approximate surface area is 58.5 Å². The van der Waals surface area contributed by atoms with E-state index >= 15 is 0 Å². The van der Waals surface area contributed by atoms with Gasteiger partial charge in [-0.05, 0) is 0 Å². The van der Waals surface area contributed by atoms with Crippen molar-refractivity contribution < 1.29 is 39.8 Å². The first-order valence-corrected chi connectivity index (χ1v) is 12.1. The zero-order valence-electron chi connectivity index (χ0n) is 3.11. The van der Waals surface area contributed by atoms with E-state index in [0.717, 1.165) is 0 Å². The summed E-state index contributed by atoms with van der Waals surface area (Å²) < 4.78 is 1.31. The van der Waals surface area contributed by atoms with Crippen LogP contribution in [0.3, 0.4) is 0 Å². The Hall–Kier alpha value is 1.72. The van der Waals surface area contributed by atoms with E-state index in [9.17, 15) is 0 Å². The van der Waals surface area contributed by atoms with Gasteiger partial charge in [-0.1, -0.05) is 0 Å². The summed E-state index contributed by atoms with van der Waals surface area (Å²) in [4.78, 5) is 0. The molecule has 0 aliphatic carbocycles. The van der Waals surface area contributed by atoms with Crippen LogP contribution in [0.25, 0.3) is 0 Å². The predicted molar refractivity (Wildman–Crippen MR) is 16.3 cm³/mol. The summed E-state index contributed by atoms with van der Waals surface area (Å²) in [5.41, 5.74) is 0. The molecule has 0 aromatic rings. The first-order chi connectivity index (χ1) is 1.91. The van der Waals surface area contributed by atoms with Crippen molar-refractivity contribution in [3.63, 3.8) is 0 Å². The van der Waals surface area contributed by atoms with E-state index in [-0.39, 0.29) is 16.5 Å². The van der Waals surface area contributed by atoms with Gasteiger partial charge in [0.2, 0.25) is 0 Å².